The minimum Gasteiger partial charge on any atom is -0.392 e. The van der Waals surface area contributed by atoms with Crippen molar-refractivity contribution in [1.82, 2.24) is 24.4 Å². The molecule has 3 heterocycles. The molecule has 10 heteroatoms. The molecule has 0 amide bonds. The van der Waals surface area contributed by atoms with E-state index in [-0.39, 0.29) is 37.0 Å². The second kappa shape index (κ2) is 8.66. The molecule has 1 saturated heterocycles. The van der Waals surface area contributed by atoms with Crippen LogP contribution in [0.3, 0.4) is 0 Å². The third-order valence-corrected chi connectivity index (χ3v) is 4.34. The minimum absolute atomic E-state index is 0. The van der Waals surface area contributed by atoms with E-state index in [1.807, 2.05) is 0 Å². The van der Waals surface area contributed by atoms with Gasteiger partial charge in [0.25, 0.3) is 5.56 Å². The summed E-state index contributed by atoms with van der Waals surface area (Å²) in [5, 5.41) is 13.3. The van der Waals surface area contributed by atoms with Crippen molar-refractivity contribution in [2.75, 3.05) is 6.54 Å². The van der Waals surface area contributed by atoms with E-state index < -0.39 is 11.2 Å². The van der Waals surface area contributed by atoms with Gasteiger partial charge in [0.2, 0.25) is 0 Å². The molecule has 1 aliphatic heterocycles. The van der Waals surface area contributed by atoms with Gasteiger partial charge in [0.05, 0.1) is 12.4 Å². The number of aromatic nitrogens is 4. The molecule has 3 rings (SSSR count). The number of aliphatic hydroxyl groups excluding tert-OH is 1. The van der Waals surface area contributed by atoms with E-state index in [0.717, 1.165) is 32.2 Å². The lowest BCUT2D eigenvalue weighted by molar-refractivity contribution is 0.0909. The van der Waals surface area contributed by atoms with Crippen molar-refractivity contribution in [3.05, 3.63) is 27.2 Å². The van der Waals surface area contributed by atoms with Crippen molar-refractivity contribution in [2.45, 2.75) is 44.4 Å². The van der Waals surface area contributed by atoms with E-state index in [0.29, 0.717) is 17.7 Å². The molecule has 0 spiro atoms. The molecular formula is C14H23Cl2N5O3. The molecule has 3 N–H and O–H groups in total. The molecule has 0 saturated carbocycles. The van der Waals surface area contributed by atoms with Gasteiger partial charge in [0, 0.05) is 19.6 Å². The highest BCUT2D eigenvalue weighted by Crippen LogP contribution is 2.14. The monoisotopic (exact) mass is 379 g/mol. The number of aryl methyl sites for hydroxylation is 2. The maximum atomic E-state index is 12.0. The first kappa shape index (κ1) is 20.7. The Hall–Kier alpha value is -1.35. The van der Waals surface area contributed by atoms with Gasteiger partial charge in [-0.25, -0.2) is 9.78 Å². The van der Waals surface area contributed by atoms with Crippen molar-refractivity contribution in [3.8, 4) is 0 Å². The molecule has 24 heavy (non-hydrogen) atoms. The number of fused-ring (bicyclic) bond motifs is 1. The third kappa shape index (κ3) is 4.00. The number of H-pyrrole nitrogens is 1. The second-order valence-electron chi connectivity index (χ2n) is 5.84. The molecule has 0 aromatic carbocycles. The van der Waals surface area contributed by atoms with E-state index in [1.54, 1.807) is 17.9 Å². The van der Waals surface area contributed by atoms with Gasteiger partial charge in [-0.1, -0.05) is 0 Å². The summed E-state index contributed by atoms with van der Waals surface area (Å²) in [4.78, 5) is 30.0. The largest absolute Gasteiger partial charge is 0.392 e. The zero-order valence-electron chi connectivity index (χ0n) is 13.4. The van der Waals surface area contributed by atoms with Gasteiger partial charge in [-0.15, -0.1) is 24.8 Å². The van der Waals surface area contributed by atoms with Crippen molar-refractivity contribution in [2.24, 2.45) is 7.05 Å². The lowest BCUT2D eigenvalue weighted by Gasteiger charge is -2.28. The van der Waals surface area contributed by atoms with E-state index in [4.69, 9.17) is 0 Å². The van der Waals surface area contributed by atoms with Crippen molar-refractivity contribution < 1.29 is 5.11 Å². The summed E-state index contributed by atoms with van der Waals surface area (Å²) in [5.41, 5.74) is -0.0625. The van der Waals surface area contributed by atoms with Crippen LogP contribution in [0.4, 0.5) is 0 Å². The summed E-state index contributed by atoms with van der Waals surface area (Å²) in [6.07, 6.45) is 4.80. The first-order chi connectivity index (χ1) is 10.6. The normalized spacial score (nSPS) is 20.4. The predicted octanol–water partition coefficient (Wildman–Crippen LogP) is 0.160. The van der Waals surface area contributed by atoms with Gasteiger partial charge in [-0.2, -0.15) is 0 Å². The Balaban J connectivity index is 0.00000144. The number of rotatable bonds is 4. The van der Waals surface area contributed by atoms with Crippen LogP contribution in [0.2, 0.25) is 0 Å². The number of nitrogens with one attached hydrogen (secondary N) is 2. The molecular weight excluding hydrogens is 357 g/mol. The highest BCUT2D eigenvalue weighted by atomic mass is 35.5. The number of imidazole rings is 1. The Labute approximate surface area is 151 Å². The Bertz CT molecular complexity index is 785. The molecule has 8 nitrogen and oxygen atoms in total. The van der Waals surface area contributed by atoms with E-state index in [2.05, 4.69) is 15.3 Å². The van der Waals surface area contributed by atoms with Gasteiger partial charge in [-0.05, 0) is 32.2 Å². The number of nitrogens with zero attached hydrogens (tertiary/aromatic N) is 3. The topological polar surface area (TPSA) is 105 Å². The van der Waals surface area contributed by atoms with Crippen molar-refractivity contribution in [1.29, 1.82) is 0 Å². The summed E-state index contributed by atoms with van der Waals surface area (Å²) in [6.45, 7) is 1.57. The molecule has 2 aromatic rings. The average Bonchev–Trinajstić information content (AvgIpc) is 2.91. The number of aliphatic hydroxyl groups is 1. The maximum absolute atomic E-state index is 12.0. The first-order valence-electron chi connectivity index (χ1n) is 7.63. The molecule has 2 aromatic heterocycles. The quantitative estimate of drug-likeness (QED) is 0.701. The smallest absolute Gasteiger partial charge is 0.329 e. The number of hydrogen-bond donors (Lipinski definition) is 3. The van der Waals surface area contributed by atoms with Crippen LogP contribution in [-0.4, -0.2) is 42.9 Å². The van der Waals surface area contributed by atoms with Gasteiger partial charge >= 0.3 is 5.69 Å². The number of aromatic amines is 1. The summed E-state index contributed by atoms with van der Waals surface area (Å²) >= 11 is 0. The van der Waals surface area contributed by atoms with Crippen LogP contribution in [0, 0.1) is 0 Å². The lowest BCUT2D eigenvalue weighted by Crippen LogP contribution is -2.44. The standard InChI is InChI=1S/C14H21N5O3.2ClH/c1-18-12-11(13(21)17-14(18)22)19(8-16-12)7-3-4-9-10(20)5-2-6-15-9;;/h8-10,15,20H,2-7H2,1H3,(H,17,21,22);2*1H/t9-,10+;;/m1../s1. The van der Waals surface area contributed by atoms with Crippen molar-refractivity contribution >= 4 is 36.0 Å². The molecule has 1 aliphatic rings. The zero-order valence-corrected chi connectivity index (χ0v) is 15.0. The Morgan fingerprint density at radius 2 is 2.12 bits per heavy atom. The highest BCUT2D eigenvalue weighted by molar-refractivity contribution is 5.85. The van der Waals surface area contributed by atoms with Crippen LogP contribution < -0.4 is 16.6 Å². The SMILES string of the molecule is Cl.Cl.Cn1c(=O)[nH]c(=O)c2c1ncn2CCC[C@H]1NCCC[C@@H]1O. The van der Waals surface area contributed by atoms with Gasteiger partial charge in [-0.3, -0.25) is 14.3 Å². The van der Waals surface area contributed by atoms with E-state index in [9.17, 15) is 14.7 Å². The summed E-state index contributed by atoms with van der Waals surface area (Å²) in [7, 11) is 1.58. The Morgan fingerprint density at radius 3 is 2.83 bits per heavy atom. The maximum Gasteiger partial charge on any atom is 0.329 e. The number of hydrogen-bond acceptors (Lipinski definition) is 5. The van der Waals surface area contributed by atoms with Crippen LogP contribution in [-0.2, 0) is 13.6 Å². The molecule has 0 radical (unpaired) electrons. The van der Waals surface area contributed by atoms with Crippen molar-refractivity contribution in [3.63, 3.8) is 0 Å². The lowest BCUT2D eigenvalue weighted by atomic mass is 9.97. The molecule has 2 atom stereocenters. The van der Waals surface area contributed by atoms with Gasteiger partial charge in [0.15, 0.2) is 11.2 Å². The number of halogens is 2. The third-order valence-electron chi connectivity index (χ3n) is 4.34. The zero-order chi connectivity index (χ0) is 15.7. The minimum atomic E-state index is -0.461. The molecule has 1 fully saturated rings. The molecule has 0 unspecified atom stereocenters. The summed E-state index contributed by atoms with van der Waals surface area (Å²) in [6, 6.07) is 0.117. The summed E-state index contributed by atoms with van der Waals surface area (Å²) < 4.78 is 3.10. The van der Waals surface area contributed by atoms with Crippen LogP contribution in [0.15, 0.2) is 15.9 Å². The fraction of sp³-hybridized carbons (Fsp3) is 0.643. The Morgan fingerprint density at radius 1 is 1.38 bits per heavy atom. The molecule has 0 aliphatic carbocycles. The second-order valence-corrected chi connectivity index (χ2v) is 5.84. The van der Waals surface area contributed by atoms with Gasteiger partial charge < -0.3 is 15.0 Å². The van der Waals surface area contributed by atoms with Crippen LogP contribution >= 0.6 is 24.8 Å². The highest BCUT2D eigenvalue weighted by Gasteiger charge is 2.22. The average molecular weight is 380 g/mol. The predicted molar refractivity (Wildman–Crippen MR) is 96.4 cm³/mol. The van der Waals surface area contributed by atoms with E-state index >= 15 is 0 Å². The number of piperidine rings is 1. The van der Waals surface area contributed by atoms with Crippen LogP contribution in [0.1, 0.15) is 25.7 Å². The Kier molecular flexibility index (Phi) is 7.47. The van der Waals surface area contributed by atoms with Gasteiger partial charge in [0.1, 0.15) is 0 Å². The fourth-order valence-corrected chi connectivity index (χ4v) is 3.07. The summed E-state index contributed by atoms with van der Waals surface area (Å²) in [5.74, 6) is 0. The fourth-order valence-electron chi connectivity index (χ4n) is 3.07. The van der Waals surface area contributed by atoms with E-state index in [1.165, 1.54) is 4.57 Å². The first-order valence-corrected chi connectivity index (χ1v) is 7.63. The van der Waals surface area contributed by atoms with Crippen LogP contribution in [0.25, 0.3) is 11.2 Å². The molecule has 136 valence electrons. The molecule has 0 bridgehead atoms. The van der Waals surface area contributed by atoms with Crippen LogP contribution in [0.5, 0.6) is 0 Å².